The maximum Gasteiger partial charge on any atom is 0.137 e. The van der Waals surface area contributed by atoms with Crippen LogP contribution < -0.4 is 0 Å². The van der Waals surface area contributed by atoms with Gasteiger partial charge < -0.3 is 4.74 Å². The zero-order valence-electron chi connectivity index (χ0n) is 12.5. The first-order chi connectivity index (χ1) is 9.72. The van der Waals surface area contributed by atoms with E-state index in [-0.39, 0.29) is 11.7 Å². The molecule has 1 aromatic carbocycles. The van der Waals surface area contributed by atoms with Gasteiger partial charge in [-0.15, -0.1) is 0 Å². The zero-order valence-corrected chi connectivity index (χ0v) is 12.5. The largest absolute Gasteiger partial charge is 0.504 e. The van der Waals surface area contributed by atoms with E-state index in [0.29, 0.717) is 5.92 Å². The summed E-state index contributed by atoms with van der Waals surface area (Å²) in [4.78, 5) is 12.0. The topological polar surface area (TPSA) is 26.3 Å². The third kappa shape index (κ3) is 3.72. The van der Waals surface area contributed by atoms with Gasteiger partial charge in [0.25, 0.3) is 0 Å². The molecule has 0 unspecified atom stereocenters. The van der Waals surface area contributed by atoms with Crippen molar-refractivity contribution in [2.75, 3.05) is 7.11 Å². The predicted molar refractivity (Wildman–Crippen MR) is 81.5 cm³/mol. The summed E-state index contributed by atoms with van der Waals surface area (Å²) >= 11 is 0. The van der Waals surface area contributed by atoms with Gasteiger partial charge in [0.2, 0.25) is 0 Å². The standard InChI is InChI=1S/C18H24O2/c1-14(19)18(15-8-4-3-5-9-15)12-16-10-6-7-11-17(16)13-20-2/h3-5,8-9,13,16,18H,6-7,10-12H2,1-2H3/b17-13+/t16-,18-/m0/s1. The van der Waals surface area contributed by atoms with Crippen LogP contribution in [0.3, 0.4) is 0 Å². The second-order valence-corrected chi connectivity index (χ2v) is 5.68. The smallest absolute Gasteiger partial charge is 0.137 e. The van der Waals surface area contributed by atoms with E-state index in [1.165, 1.54) is 24.8 Å². The lowest BCUT2D eigenvalue weighted by Gasteiger charge is -2.28. The minimum atomic E-state index is 0.0135. The molecule has 1 aliphatic carbocycles. The van der Waals surface area contributed by atoms with Gasteiger partial charge >= 0.3 is 0 Å². The fourth-order valence-electron chi connectivity index (χ4n) is 3.19. The van der Waals surface area contributed by atoms with E-state index in [4.69, 9.17) is 4.74 Å². The molecule has 1 fully saturated rings. The van der Waals surface area contributed by atoms with E-state index in [0.717, 1.165) is 18.4 Å². The Labute approximate surface area is 121 Å². The average Bonchev–Trinajstić information content (AvgIpc) is 2.47. The molecule has 108 valence electrons. The number of hydrogen-bond donors (Lipinski definition) is 0. The molecule has 2 heteroatoms. The molecule has 0 aliphatic heterocycles. The third-order valence-corrected chi connectivity index (χ3v) is 4.27. The number of Topliss-reactive ketones (excluding diaryl/α,β-unsaturated/α-hetero) is 1. The summed E-state index contributed by atoms with van der Waals surface area (Å²) in [7, 11) is 1.71. The Morgan fingerprint density at radius 3 is 2.75 bits per heavy atom. The molecule has 0 aromatic heterocycles. The molecule has 1 saturated carbocycles. The first-order valence-electron chi connectivity index (χ1n) is 7.49. The molecule has 0 bridgehead atoms. The number of methoxy groups -OCH3 is 1. The lowest BCUT2D eigenvalue weighted by Crippen LogP contribution is -2.18. The van der Waals surface area contributed by atoms with Crippen molar-refractivity contribution in [3.63, 3.8) is 0 Å². The maximum atomic E-state index is 12.0. The highest BCUT2D eigenvalue weighted by atomic mass is 16.5. The van der Waals surface area contributed by atoms with Crippen LogP contribution in [-0.4, -0.2) is 12.9 Å². The summed E-state index contributed by atoms with van der Waals surface area (Å²) < 4.78 is 5.21. The zero-order chi connectivity index (χ0) is 14.4. The van der Waals surface area contributed by atoms with Crippen LogP contribution >= 0.6 is 0 Å². The minimum absolute atomic E-state index is 0.0135. The molecule has 20 heavy (non-hydrogen) atoms. The SMILES string of the molecule is CO/C=C1\CCCC[C@H]1C[C@@H](C(C)=O)c1ccccc1. The van der Waals surface area contributed by atoms with Crippen LogP contribution in [0.25, 0.3) is 0 Å². The molecule has 0 spiro atoms. The molecular formula is C18H24O2. The van der Waals surface area contributed by atoms with E-state index in [1.54, 1.807) is 14.0 Å². The molecule has 2 nitrogen and oxygen atoms in total. The summed E-state index contributed by atoms with van der Waals surface area (Å²) in [6, 6.07) is 10.1. The Bertz CT molecular complexity index is 462. The number of carbonyl (C=O) groups is 1. The van der Waals surface area contributed by atoms with E-state index in [9.17, 15) is 4.79 Å². The Morgan fingerprint density at radius 2 is 2.10 bits per heavy atom. The molecule has 0 amide bonds. The van der Waals surface area contributed by atoms with Gasteiger partial charge in [0, 0.05) is 5.92 Å². The lowest BCUT2D eigenvalue weighted by atomic mass is 9.77. The highest BCUT2D eigenvalue weighted by Crippen LogP contribution is 2.37. The first-order valence-corrected chi connectivity index (χ1v) is 7.49. The van der Waals surface area contributed by atoms with Gasteiger partial charge in [-0.25, -0.2) is 0 Å². The van der Waals surface area contributed by atoms with Crippen molar-refractivity contribution in [1.82, 2.24) is 0 Å². The number of carbonyl (C=O) groups excluding carboxylic acids is 1. The molecule has 1 aromatic rings. The van der Waals surface area contributed by atoms with Crippen molar-refractivity contribution < 1.29 is 9.53 Å². The molecular weight excluding hydrogens is 248 g/mol. The summed E-state index contributed by atoms with van der Waals surface area (Å²) in [6.07, 6.45) is 7.58. The summed E-state index contributed by atoms with van der Waals surface area (Å²) in [5.41, 5.74) is 2.52. The fourth-order valence-corrected chi connectivity index (χ4v) is 3.19. The van der Waals surface area contributed by atoms with Gasteiger partial charge in [-0.3, -0.25) is 4.79 Å². The molecule has 2 rings (SSSR count). The van der Waals surface area contributed by atoms with Gasteiger partial charge in [0.05, 0.1) is 13.4 Å². The van der Waals surface area contributed by atoms with E-state index >= 15 is 0 Å². The Hall–Kier alpha value is -1.57. The van der Waals surface area contributed by atoms with Crippen LogP contribution in [0.1, 0.15) is 50.5 Å². The highest BCUT2D eigenvalue weighted by molar-refractivity contribution is 5.83. The second kappa shape index (κ2) is 7.28. The van der Waals surface area contributed by atoms with Crippen LogP contribution in [-0.2, 0) is 9.53 Å². The molecule has 0 radical (unpaired) electrons. The number of ketones is 1. The van der Waals surface area contributed by atoms with E-state index in [1.807, 2.05) is 24.5 Å². The van der Waals surface area contributed by atoms with Crippen molar-refractivity contribution in [3.8, 4) is 0 Å². The van der Waals surface area contributed by atoms with Crippen LogP contribution in [0, 0.1) is 5.92 Å². The normalized spacial score (nSPS) is 22.5. The fraction of sp³-hybridized carbons (Fsp3) is 0.500. The molecule has 0 heterocycles. The quantitative estimate of drug-likeness (QED) is 0.739. The van der Waals surface area contributed by atoms with Crippen molar-refractivity contribution >= 4 is 5.78 Å². The van der Waals surface area contributed by atoms with Gasteiger partial charge in [-0.1, -0.05) is 36.8 Å². The molecule has 2 atom stereocenters. The summed E-state index contributed by atoms with van der Waals surface area (Å²) in [5.74, 6) is 0.760. The average molecular weight is 272 g/mol. The monoisotopic (exact) mass is 272 g/mol. The van der Waals surface area contributed by atoms with Crippen molar-refractivity contribution in [3.05, 3.63) is 47.7 Å². The van der Waals surface area contributed by atoms with E-state index < -0.39 is 0 Å². The molecule has 1 aliphatic rings. The number of allylic oxidation sites excluding steroid dienone is 1. The lowest BCUT2D eigenvalue weighted by molar-refractivity contribution is -0.118. The van der Waals surface area contributed by atoms with Crippen molar-refractivity contribution in [2.45, 2.75) is 44.9 Å². The van der Waals surface area contributed by atoms with Gasteiger partial charge in [0.1, 0.15) is 5.78 Å². The van der Waals surface area contributed by atoms with Crippen LogP contribution in [0.5, 0.6) is 0 Å². The Kier molecular flexibility index (Phi) is 5.40. The number of benzene rings is 1. The number of ether oxygens (including phenoxy) is 1. The Morgan fingerprint density at radius 1 is 1.35 bits per heavy atom. The molecule has 0 saturated heterocycles. The predicted octanol–water partition coefficient (Wildman–Crippen LogP) is 4.47. The minimum Gasteiger partial charge on any atom is -0.504 e. The third-order valence-electron chi connectivity index (χ3n) is 4.27. The summed E-state index contributed by atoms with van der Waals surface area (Å²) in [6.45, 7) is 1.71. The van der Waals surface area contributed by atoms with Crippen molar-refractivity contribution in [2.24, 2.45) is 5.92 Å². The van der Waals surface area contributed by atoms with Gasteiger partial charge in [-0.2, -0.15) is 0 Å². The maximum absolute atomic E-state index is 12.0. The number of hydrogen-bond acceptors (Lipinski definition) is 2. The molecule has 0 N–H and O–H groups in total. The second-order valence-electron chi connectivity index (χ2n) is 5.68. The van der Waals surface area contributed by atoms with Gasteiger partial charge in [0.15, 0.2) is 0 Å². The van der Waals surface area contributed by atoms with Crippen LogP contribution in [0.15, 0.2) is 42.2 Å². The van der Waals surface area contributed by atoms with Crippen LogP contribution in [0.4, 0.5) is 0 Å². The van der Waals surface area contributed by atoms with E-state index in [2.05, 4.69) is 12.1 Å². The van der Waals surface area contributed by atoms with Gasteiger partial charge in [-0.05, 0) is 49.7 Å². The van der Waals surface area contributed by atoms with Crippen molar-refractivity contribution in [1.29, 1.82) is 0 Å². The van der Waals surface area contributed by atoms with Crippen LogP contribution in [0.2, 0.25) is 0 Å². The summed E-state index contributed by atoms with van der Waals surface area (Å²) in [5, 5.41) is 0. The first kappa shape index (κ1) is 14.8. The highest BCUT2D eigenvalue weighted by Gasteiger charge is 2.26. The Balaban J connectivity index is 2.15. The number of rotatable bonds is 5.